The summed E-state index contributed by atoms with van der Waals surface area (Å²) in [4.78, 5) is 39.9. The summed E-state index contributed by atoms with van der Waals surface area (Å²) in [5.74, 6) is 0.671. The summed E-state index contributed by atoms with van der Waals surface area (Å²) in [7, 11) is 3.00. The number of carboxylic acid groups (broad SMARTS) is 2. The van der Waals surface area contributed by atoms with Gasteiger partial charge in [-0.1, -0.05) is 27.7 Å². The standard InChI is InChI=1S/C24H37N3O7/c1-10-19(28)25-15-13-18(34-9)17(33-8)12-14(15)11-16(20(25)23(2,3)4)26(21(29)30)27(22(31)32)24(5,6)7/h12-13,16,20H,10-11H2,1-9H3,(H,29,30)(H,31,32)/t16?,20-/m1/s1. The molecule has 3 amide bonds. The first kappa shape index (κ1) is 27.1. The fourth-order valence-corrected chi connectivity index (χ4v) is 4.68. The zero-order chi connectivity index (χ0) is 26.2. The Morgan fingerprint density at radius 1 is 1.00 bits per heavy atom. The quantitative estimate of drug-likeness (QED) is 0.612. The van der Waals surface area contributed by atoms with E-state index in [1.165, 1.54) is 14.2 Å². The van der Waals surface area contributed by atoms with E-state index in [1.54, 1.807) is 44.7 Å². The molecule has 0 saturated heterocycles. The molecule has 34 heavy (non-hydrogen) atoms. The molecule has 1 heterocycles. The molecule has 1 aromatic carbocycles. The van der Waals surface area contributed by atoms with Crippen molar-refractivity contribution in [3.05, 3.63) is 17.7 Å². The second kappa shape index (κ2) is 9.60. The Morgan fingerprint density at radius 2 is 1.53 bits per heavy atom. The molecule has 1 aliphatic rings. The molecule has 0 radical (unpaired) electrons. The van der Waals surface area contributed by atoms with Crippen molar-refractivity contribution in [2.75, 3.05) is 19.1 Å². The van der Waals surface area contributed by atoms with Crippen LogP contribution in [0.4, 0.5) is 15.3 Å². The van der Waals surface area contributed by atoms with Gasteiger partial charge in [0.05, 0.1) is 37.5 Å². The van der Waals surface area contributed by atoms with Crippen molar-refractivity contribution < 1.29 is 34.1 Å². The Bertz CT molecular complexity index is 949. The minimum Gasteiger partial charge on any atom is -0.493 e. The van der Waals surface area contributed by atoms with Crippen molar-refractivity contribution in [1.29, 1.82) is 0 Å². The summed E-state index contributed by atoms with van der Waals surface area (Å²) in [6.07, 6.45) is -2.45. The van der Waals surface area contributed by atoms with Gasteiger partial charge in [0.25, 0.3) is 0 Å². The van der Waals surface area contributed by atoms with Gasteiger partial charge in [0, 0.05) is 12.5 Å². The summed E-state index contributed by atoms with van der Waals surface area (Å²) in [5.41, 5.74) is -0.389. The molecular weight excluding hydrogens is 442 g/mol. The second-order valence-electron chi connectivity index (χ2n) is 10.4. The number of ether oxygens (including phenoxy) is 2. The van der Waals surface area contributed by atoms with Crippen LogP contribution >= 0.6 is 0 Å². The number of hydrogen-bond acceptors (Lipinski definition) is 5. The lowest BCUT2D eigenvalue weighted by Gasteiger charge is -2.53. The molecular formula is C24H37N3O7. The zero-order valence-corrected chi connectivity index (χ0v) is 21.5. The molecule has 0 aromatic heterocycles. The number of carbonyl (C=O) groups excluding carboxylic acids is 1. The number of hydrazine groups is 1. The Kier molecular flexibility index (Phi) is 7.64. The van der Waals surface area contributed by atoms with Gasteiger partial charge in [-0.15, -0.1) is 0 Å². The van der Waals surface area contributed by atoms with Crippen molar-refractivity contribution in [1.82, 2.24) is 10.0 Å². The molecule has 1 unspecified atom stereocenters. The molecule has 0 bridgehead atoms. The lowest BCUT2D eigenvalue weighted by Crippen LogP contribution is -2.69. The fourth-order valence-electron chi connectivity index (χ4n) is 4.68. The van der Waals surface area contributed by atoms with Crippen LogP contribution < -0.4 is 14.4 Å². The van der Waals surface area contributed by atoms with Crippen LogP contribution in [0.3, 0.4) is 0 Å². The van der Waals surface area contributed by atoms with E-state index in [0.717, 1.165) is 10.0 Å². The van der Waals surface area contributed by atoms with Gasteiger partial charge >= 0.3 is 12.2 Å². The Balaban J connectivity index is 2.90. The van der Waals surface area contributed by atoms with E-state index in [9.17, 15) is 24.6 Å². The Morgan fingerprint density at radius 3 is 1.91 bits per heavy atom. The van der Waals surface area contributed by atoms with Crippen LogP contribution in [-0.2, 0) is 11.2 Å². The number of hydrogen-bond donors (Lipinski definition) is 2. The van der Waals surface area contributed by atoms with Crippen LogP contribution in [0.1, 0.15) is 60.5 Å². The van der Waals surface area contributed by atoms with Crippen LogP contribution in [0.5, 0.6) is 11.5 Å². The number of methoxy groups -OCH3 is 2. The summed E-state index contributed by atoms with van der Waals surface area (Å²) >= 11 is 0. The van der Waals surface area contributed by atoms with Crippen molar-refractivity contribution in [2.24, 2.45) is 5.41 Å². The van der Waals surface area contributed by atoms with E-state index in [-0.39, 0.29) is 18.7 Å². The highest BCUT2D eigenvalue weighted by Gasteiger charge is 2.51. The first-order valence-electron chi connectivity index (χ1n) is 11.2. The number of carbonyl (C=O) groups is 3. The maximum atomic E-state index is 13.3. The fraction of sp³-hybridized carbons (Fsp3) is 0.625. The SMILES string of the molecule is CCC(=O)N1c2cc(OC)c(OC)cc2CC(N(C(=O)O)N(C(=O)O)C(C)(C)C)[C@@H]1C(C)(C)C. The summed E-state index contributed by atoms with van der Waals surface area (Å²) < 4.78 is 10.9. The third-order valence-corrected chi connectivity index (χ3v) is 5.92. The maximum absolute atomic E-state index is 13.3. The van der Waals surface area contributed by atoms with E-state index in [4.69, 9.17) is 9.47 Å². The summed E-state index contributed by atoms with van der Waals surface area (Å²) in [6, 6.07) is 1.90. The first-order valence-corrected chi connectivity index (χ1v) is 11.2. The highest BCUT2D eigenvalue weighted by atomic mass is 16.5. The number of anilines is 1. The predicted octanol–water partition coefficient (Wildman–Crippen LogP) is 4.46. The monoisotopic (exact) mass is 479 g/mol. The lowest BCUT2D eigenvalue weighted by atomic mass is 9.75. The van der Waals surface area contributed by atoms with E-state index in [0.29, 0.717) is 22.7 Å². The molecule has 2 atom stereocenters. The molecule has 1 aromatic rings. The van der Waals surface area contributed by atoms with Gasteiger partial charge in [-0.25, -0.2) is 19.6 Å². The molecule has 10 heteroatoms. The molecule has 0 fully saturated rings. The molecule has 0 saturated carbocycles. The smallest absolute Gasteiger partial charge is 0.427 e. The van der Waals surface area contributed by atoms with E-state index < -0.39 is 35.2 Å². The number of fused-ring (bicyclic) bond motifs is 1. The van der Waals surface area contributed by atoms with Gasteiger partial charge in [0.15, 0.2) is 11.5 Å². The number of benzene rings is 1. The van der Waals surface area contributed by atoms with Crippen LogP contribution in [0.25, 0.3) is 0 Å². The molecule has 2 rings (SSSR count). The third kappa shape index (κ3) is 5.00. The Labute approximate surface area is 201 Å². The van der Waals surface area contributed by atoms with Crippen molar-refractivity contribution >= 4 is 23.8 Å². The van der Waals surface area contributed by atoms with Crippen molar-refractivity contribution in [3.8, 4) is 11.5 Å². The van der Waals surface area contributed by atoms with Gasteiger partial charge in [-0.05, 0) is 44.2 Å². The number of nitrogens with zero attached hydrogens (tertiary/aromatic N) is 3. The average molecular weight is 480 g/mol. The molecule has 0 spiro atoms. The third-order valence-electron chi connectivity index (χ3n) is 5.92. The van der Waals surface area contributed by atoms with Crippen LogP contribution in [0.2, 0.25) is 0 Å². The van der Waals surface area contributed by atoms with Crippen LogP contribution in [0, 0.1) is 5.41 Å². The summed E-state index contributed by atoms with van der Waals surface area (Å²) in [5, 5.41) is 22.0. The topological polar surface area (TPSA) is 120 Å². The zero-order valence-electron chi connectivity index (χ0n) is 21.5. The summed E-state index contributed by atoms with van der Waals surface area (Å²) in [6.45, 7) is 12.4. The maximum Gasteiger partial charge on any atom is 0.427 e. The van der Waals surface area contributed by atoms with E-state index in [1.807, 2.05) is 20.8 Å². The van der Waals surface area contributed by atoms with Crippen molar-refractivity contribution in [2.45, 2.75) is 78.9 Å². The average Bonchev–Trinajstić information content (AvgIpc) is 2.72. The minimum atomic E-state index is -1.41. The van der Waals surface area contributed by atoms with Crippen molar-refractivity contribution in [3.63, 3.8) is 0 Å². The van der Waals surface area contributed by atoms with Gasteiger partial charge < -0.3 is 24.6 Å². The second-order valence-corrected chi connectivity index (χ2v) is 10.4. The van der Waals surface area contributed by atoms with Gasteiger partial charge in [-0.3, -0.25) is 4.79 Å². The normalized spacial score (nSPS) is 18.1. The van der Waals surface area contributed by atoms with Gasteiger partial charge in [-0.2, -0.15) is 0 Å². The number of rotatable bonds is 4. The highest BCUT2D eigenvalue weighted by Crippen LogP contribution is 2.45. The number of amides is 3. The highest BCUT2D eigenvalue weighted by molar-refractivity contribution is 5.96. The predicted molar refractivity (Wildman–Crippen MR) is 128 cm³/mol. The lowest BCUT2D eigenvalue weighted by molar-refractivity contribution is -0.122. The minimum absolute atomic E-state index is 0.178. The van der Waals surface area contributed by atoms with Gasteiger partial charge in [0.1, 0.15) is 0 Å². The molecule has 10 nitrogen and oxygen atoms in total. The van der Waals surface area contributed by atoms with Crippen LogP contribution in [0.15, 0.2) is 12.1 Å². The van der Waals surface area contributed by atoms with Crippen LogP contribution in [-0.4, -0.2) is 70.2 Å². The first-order chi connectivity index (χ1) is 15.6. The largest absolute Gasteiger partial charge is 0.493 e. The van der Waals surface area contributed by atoms with E-state index >= 15 is 0 Å². The molecule has 1 aliphatic heterocycles. The van der Waals surface area contributed by atoms with Gasteiger partial charge in [0.2, 0.25) is 5.91 Å². The molecule has 0 aliphatic carbocycles. The molecule has 2 N–H and O–H groups in total. The molecule has 190 valence electrons. The Hall–Kier alpha value is -3.17. The van der Waals surface area contributed by atoms with E-state index in [2.05, 4.69) is 0 Å².